The molecule has 1 unspecified atom stereocenters. The van der Waals surface area contributed by atoms with Crippen molar-refractivity contribution in [2.24, 2.45) is 5.16 Å². The molecule has 0 aliphatic carbocycles. The van der Waals surface area contributed by atoms with Gasteiger partial charge in [0.2, 0.25) is 5.88 Å². The molecule has 3 heterocycles. The summed E-state index contributed by atoms with van der Waals surface area (Å²) in [6, 6.07) is 31.1. The molecule has 0 fully saturated rings. The van der Waals surface area contributed by atoms with Crippen LogP contribution in [0.25, 0.3) is 16.4 Å². The van der Waals surface area contributed by atoms with Gasteiger partial charge in [0.05, 0.1) is 11.3 Å². The van der Waals surface area contributed by atoms with Gasteiger partial charge in [0.25, 0.3) is 0 Å². The van der Waals surface area contributed by atoms with E-state index in [9.17, 15) is 0 Å². The molecule has 190 valence electrons. The van der Waals surface area contributed by atoms with Crippen LogP contribution in [-0.2, 0) is 11.4 Å². The standard InChI is InChI=1S/C32H25N5O2/c1-20-12-14-22(15-13-20)21(2)36-38-18-27-34-31-30-28(24-9-4-3-5-10-24)29-25-11-7-6-8-23(25)16-17-26(29)39-32(30)33-19-37(31)35-27/h3-17,19,28H,18H2,1-2H3. The van der Waals surface area contributed by atoms with E-state index < -0.39 is 0 Å². The first-order chi connectivity index (χ1) is 19.2. The topological polar surface area (TPSA) is 73.9 Å². The Labute approximate surface area is 225 Å². The molecular weight excluding hydrogens is 486 g/mol. The average Bonchev–Trinajstić information content (AvgIpc) is 3.40. The van der Waals surface area contributed by atoms with Gasteiger partial charge in [0.15, 0.2) is 18.1 Å². The van der Waals surface area contributed by atoms with Gasteiger partial charge in [-0.25, -0.2) is 14.5 Å². The van der Waals surface area contributed by atoms with Gasteiger partial charge in [0, 0.05) is 11.5 Å². The summed E-state index contributed by atoms with van der Waals surface area (Å²) in [5.41, 5.74) is 6.80. The Bertz CT molecular complexity index is 1860. The van der Waals surface area contributed by atoms with Crippen LogP contribution in [0.15, 0.2) is 102 Å². The van der Waals surface area contributed by atoms with Gasteiger partial charge in [-0.05, 0) is 41.8 Å². The average molecular weight is 512 g/mol. The van der Waals surface area contributed by atoms with Crippen molar-refractivity contribution < 1.29 is 9.57 Å². The second-order valence-electron chi connectivity index (χ2n) is 9.72. The third-order valence-corrected chi connectivity index (χ3v) is 7.14. The lowest BCUT2D eigenvalue weighted by molar-refractivity contribution is 0.125. The van der Waals surface area contributed by atoms with Crippen LogP contribution in [0.2, 0.25) is 0 Å². The smallest absolute Gasteiger partial charge is 0.228 e. The summed E-state index contributed by atoms with van der Waals surface area (Å²) in [6.45, 7) is 4.12. The normalized spacial score (nSPS) is 14.6. The lowest BCUT2D eigenvalue weighted by atomic mass is 9.81. The lowest BCUT2D eigenvalue weighted by Crippen LogP contribution is -2.15. The third kappa shape index (κ3) is 4.08. The highest BCUT2D eigenvalue weighted by molar-refractivity contribution is 5.98. The summed E-state index contributed by atoms with van der Waals surface area (Å²) >= 11 is 0. The molecule has 1 aliphatic heterocycles. The Morgan fingerprint density at radius 1 is 0.923 bits per heavy atom. The summed E-state index contributed by atoms with van der Waals surface area (Å²) < 4.78 is 8.08. The number of ether oxygens (including phenoxy) is 1. The number of hydrogen-bond donors (Lipinski definition) is 0. The molecule has 1 atom stereocenters. The Kier molecular flexibility index (Phi) is 5.55. The maximum atomic E-state index is 6.38. The predicted molar refractivity (Wildman–Crippen MR) is 150 cm³/mol. The van der Waals surface area contributed by atoms with Crippen molar-refractivity contribution in [1.29, 1.82) is 0 Å². The predicted octanol–water partition coefficient (Wildman–Crippen LogP) is 6.81. The summed E-state index contributed by atoms with van der Waals surface area (Å²) in [4.78, 5) is 15.2. The number of aromatic nitrogens is 4. The van der Waals surface area contributed by atoms with Crippen LogP contribution in [0.4, 0.5) is 0 Å². The maximum absolute atomic E-state index is 6.38. The molecule has 7 nitrogen and oxygen atoms in total. The summed E-state index contributed by atoms with van der Waals surface area (Å²) in [5.74, 6) is 1.72. The number of rotatable bonds is 5. The SMILES string of the molecule is CC(=NOCc1nc2c3c(ncn2n1)Oc1ccc2ccccc2c1C3c1ccccc1)c1ccc(C)cc1. The third-order valence-electron chi connectivity index (χ3n) is 7.14. The first kappa shape index (κ1) is 23.1. The van der Waals surface area contributed by atoms with Gasteiger partial charge in [-0.3, -0.25) is 0 Å². The van der Waals surface area contributed by atoms with Crippen LogP contribution < -0.4 is 4.74 Å². The molecule has 0 N–H and O–H groups in total. The quantitative estimate of drug-likeness (QED) is 0.187. The molecule has 4 aromatic carbocycles. The van der Waals surface area contributed by atoms with Crippen LogP contribution in [0, 0.1) is 6.92 Å². The van der Waals surface area contributed by atoms with E-state index in [4.69, 9.17) is 14.6 Å². The molecule has 7 heteroatoms. The number of nitrogens with zero attached hydrogens (tertiary/aromatic N) is 5. The monoisotopic (exact) mass is 511 g/mol. The first-order valence-corrected chi connectivity index (χ1v) is 12.9. The molecule has 2 aromatic heterocycles. The van der Waals surface area contributed by atoms with E-state index in [0.717, 1.165) is 44.5 Å². The second kappa shape index (κ2) is 9.36. The number of benzene rings is 4. The van der Waals surface area contributed by atoms with Crippen LogP contribution in [0.3, 0.4) is 0 Å². The zero-order valence-corrected chi connectivity index (χ0v) is 21.6. The van der Waals surface area contributed by atoms with Crippen molar-refractivity contribution in [3.8, 4) is 11.6 Å². The van der Waals surface area contributed by atoms with Gasteiger partial charge in [-0.15, -0.1) is 5.10 Å². The fraction of sp³-hybridized carbons (Fsp3) is 0.125. The number of aryl methyl sites for hydroxylation is 1. The molecular formula is C32H25N5O2. The minimum Gasteiger partial charge on any atom is -0.438 e. The molecule has 6 aromatic rings. The van der Waals surface area contributed by atoms with Crippen LogP contribution in [0.1, 0.15) is 46.5 Å². The largest absolute Gasteiger partial charge is 0.438 e. The Morgan fingerprint density at radius 2 is 1.72 bits per heavy atom. The van der Waals surface area contributed by atoms with Gasteiger partial charge in [0.1, 0.15) is 12.1 Å². The first-order valence-electron chi connectivity index (χ1n) is 12.9. The fourth-order valence-corrected chi connectivity index (χ4v) is 5.22. The maximum Gasteiger partial charge on any atom is 0.228 e. The van der Waals surface area contributed by atoms with Crippen LogP contribution >= 0.6 is 0 Å². The molecule has 0 spiro atoms. The highest BCUT2D eigenvalue weighted by atomic mass is 16.6. The van der Waals surface area contributed by atoms with E-state index in [1.807, 2.05) is 31.2 Å². The Hall–Kier alpha value is -5.04. The van der Waals surface area contributed by atoms with Crippen molar-refractivity contribution >= 4 is 22.1 Å². The van der Waals surface area contributed by atoms with E-state index in [2.05, 4.69) is 88.9 Å². The van der Waals surface area contributed by atoms with Crippen LogP contribution in [0.5, 0.6) is 11.6 Å². The second-order valence-corrected chi connectivity index (χ2v) is 9.72. The van der Waals surface area contributed by atoms with E-state index in [-0.39, 0.29) is 12.5 Å². The number of oxime groups is 1. The van der Waals surface area contributed by atoms with E-state index in [1.54, 1.807) is 10.8 Å². The van der Waals surface area contributed by atoms with Crippen molar-refractivity contribution in [3.63, 3.8) is 0 Å². The zero-order chi connectivity index (χ0) is 26.3. The van der Waals surface area contributed by atoms with Gasteiger partial charge in [-0.2, -0.15) is 0 Å². The molecule has 0 radical (unpaired) electrons. The molecule has 1 aliphatic rings. The minimum atomic E-state index is -0.132. The molecule has 7 rings (SSSR count). The van der Waals surface area contributed by atoms with E-state index in [1.165, 1.54) is 5.56 Å². The zero-order valence-electron chi connectivity index (χ0n) is 21.6. The van der Waals surface area contributed by atoms with Crippen LogP contribution in [-0.4, -0.2) is 25.3 Å². The van der Waals surface area contributed by atoms with Gasteiger partial charge in [-0.1, -0.05) is 95.6 Å². The van der Waals surface area contributed by atoms with Crippen molar-refractivity contribution in [3.05, 3.63) is 131 Å². The molecule has 0 amide bonds. The lowest BCUT2D eigenvalue weighted by Gasteiger charge is -2.29. The van der Waals surface area contributed by atoms with Crippen molar-refractivity contribution in [2.75, 3.05) is 0 Å². The molecule has 0 saturated heterocycles. The highest BCUT2D eigenvalue weighted by Gasteiger charge is 2.34. The minimum absolute atomic E-state index is 0.132. The van der Waals surface area contributed by atoms with E-state index in [0.29, 0.717) is 17.4 Å². The van der Waals surface area contributed by atoms with Crippen molar-refractivity contribution in [2.45, 2.75) is 26.4 Å². The number of fused-ring (bicyclic) bond motifs is 6. The molecule has 39 heavy (non-hydrogen) atoms. The Balaban J connectivity index is 1.30. The number of hydrogen-bond acceptors (Lipinski definition) is 6. The van der Waals surface area contributed by atoms with E-state index >= 15 is 0 Å². The van der Waals surface area contributed by atoms with Gasteiger partial charge >= 0.3 is 0 Å². The van der Waals surface area contributed by atoms with Crippen molar-refractivity contribution in [1.82, 2.24) is 19.6 Å². The fourth-order valence-electron chi connectivity index (χ4n) is 5.22. The van der Waals surface area contributed by atoms with Gasteiger partial charge < -0.3 is 9.57 Å². The Morgan fingerprint density at radius 3 is 2.56 bits per heavy atom. The molecule has 0 bridgehead atoms. The highest BCUT2D eigenvalue weighted by Crippen LogP contribution is 2.50. The molecule has 0 saturated carbocycles. The summed E-state index contributed by atoms with van der Waals surface area (Å²) in [6.07, 6.45) is 1.64. The summed E-state index contributed by atoms with van der Waals surface area (Å²) in [7, 11) is 0. The summed E-state index contributed by atoms with van der Waals surface area (Å²) in [5, 5.41) is 11.2.